The molecule has 1 aromatic carbocycles. The summed E-state index contributed by atoms with van der Waals surface area (Å²) in [7, 11) is -0.564. The van der Waals surface area contributed by atoms with Gasteiger partial charge in [-0.25, -0.2) is 0 Å². The average molecular weight is 335 g/mol. The highest BCUT2D eigenvalue weighted by Crippen LogP contribution is 2.17. The molecule has 2 nitrogen and oxygen atoms in total. The maximum absolute atomic E-state index is 11.2. The lowest BCUT2D eigenvalue weighted by molar-refractivity contribution is 0.624. The van der Waals surface area contributed by atoms with Crippen LogP contribution in [0.2, 0.25) is 0 Å². The second-order valence-corrected chi connectivity index (χ2v) is 6.72. The Morgan fingerprint density at radius 3 is 2.40 bits per heavy atom. The Balaban J connectivity index is 1.91. The molecular formula is C11H14INOS. The molecule has 1 aliphatic rings. The van der Waals surface area contributed by atoms with Crippen LogP contribution in [0.15, 0.2) is 24.3 Å². The van der Waals surface area contributed by atoms with Gasteiger partial charge in [-0.3, -0.25) is 4.21 Å². The van der Waals surface area contributed by atoms with Crippen LogP contribution in [0.5, 0.6) is 0 Å². The summed E-state index contributed by atoms with van der Waals surface area (Å²) in [5.74, 6) is 1.70. The van der Waals surface area contributed by atoms with E-state index in [4.69, 9.17) is 0 Å². The third kappa shape index (κ3) is 3.45. The zero-order valence-electron chi connectivity index (χ0n) is 8.41. The topological polar surface area (TPSA) is 29.1 Å². The Hall–Kier alpha value is -0.100. The normalized spacial score (nSPS) is 26.2. The molecule has 1 saturated heterocycles. The summed E-state index contributed by atoms with van der Waals surface area (Å²) in [4.78, 5) is 0. The van der Waals surface area contributed by atoms with Gasteiger partial charge in [-0.05, 0) is 59.7 Å². The van der Waals surface area contributed by atoms with Gasteiger partial charge in [0, 0.05) is 37.6 Å². The van der Waals surface area contributed by atoms with Crippen molar-refractivity contribution >= 4 is 39.1 Å². The van der Waals surface area contributed by atoms with E-state index in [1.165, 1.54) is 9.26 Å². The van der Waals surface area contributed by atoms with Crippen molar-refractivity contribution < 1.29 is 4.21 Å². The van der Waals surface area contributed by atoms with Gasteiger partial charge in [-0.2, -0.15) is 0 Å². The van der Waals surface area contributed by atoms with Crippen LogP contribution in [-0.2, 0) is 10.8 Å². The van der Waals surface area contributed by atoms with Crippen LogP contribution in [0.25, 0.3) is 0 Å². The molecule has 0 unspecified atom stereocenters. The maximum Gasteiger partial charge on any atom is 0.0343 e. The second kappa shape index (κ2) is 5.30. The molecule has 1 heterocycles. The number of rotatable bonds is 2. The quantitative estimate of drug-likeness (QED) is 0.842. The van der Waals surface area contributed by atoms with Crippen LogP contribution in [0.3, 0.4) is 0 Å². The Morgan fingerprint density at radius 1 is 1.20 bits per heavy atom. The number of hydrogen-bond donors (Lipinski definition) is 1. The largest absolute Gasteiger partial charge is 0.382 e. The number of benzene rings is 1. The number of halogens is 1. The van der Waals surface area contributed by atoms with Crippen LogP contribution in [0, 0.1) is 3.57 Å². The van der Waals surface area contributed by atoms with Crippen LogP contribution in [0.4, 0.5) is 5.69 Å². The van der Waals surface area contributed by atoms with Crippen molar-refractivity contribution in [3.8, 4) is 0 Å². The summed E-state index contributed by atoms with van der Waals surface area (Å²) in [6.07, 6.45) is 2.05. The molecule has 82 valence electrons. The lowest BCUT2D eigenvalue weighted by Crippen LogP contribution is -2.29. The molecule has 1 N–H and O–H groups in total. The molecule has 0 atom stereocenters. The minimum absolute atomic E-state index is 0.503. The van der Waals surface area contributed by atoms with E-state index < -0.39 is 10.8 Å². The minimum atomic E-state index is -0.564. The number of hydrogen-bond acceptors (Lipinski definition) is 2. The fourth-order valence-corrected chi connectivity index (χ4v) is 3.38. The van der Waals surface area contributed by atoms with Crippen molar-refractivity contribution in [3.05, 3.63) is 27.8 Å². The monoisotopic (exact) mass is 335 g/mol. The first-order chi connectivity index (χ1) is 7.24. The number of nitrogens with one attached hydrogen (secondary N) is 1. The fourth-order valence-electron chi connectivity index (χ4n) is 1.72. The first-order valence-corrected chi connectivity index (χ1v) is 7.68. The van der Waals surface area contributed by atoms with Crippen LogP contribution >= 0.6 is 22.6 Å². The standard InChI is InChI=1S/C11H14INOS/c12-9-1-3-10(4-2-9)13-11-5-7-15(14)8-6-11/h1-4,11,13H,5-8H2. The third-order valence-electron chi connectivity index (χ3n) is 2.60. The lowest BCUT2D eigenvalue weighted by Gasteiger charge is -2.23. The van der Waals surface area contributed by atoms with Gasteiger partial charge in [0.2, 0.25) is 0 Å². The molecule has 1 aliphatic heterocycles. The lowest BCUT2D eigenvalue weighted by atomic mass is 10.1. The Bertz CT molecular complexity index is 342. The smallest absolute Gasteiger partial charge is 0.0343 e. The first kappa shape index (κ1) is 11.4. The molecule has 0 radical (unpaired) electrons. The van der Waals surface area contributed by atoms with E-state index in [0.29, 0.717) is 6.04 Å². The van der Waals surface area contributed by atoms with Gasteiger partial charge in [0.05, 0.1) is 0 Å². The summed E-state index contributed by atoms with van der Waals surface area (Å²) < 4.78 is 12.4. The van der Waals surface area contributed by atoms with Crippen LogP contribution < -0.4 is 5.32 Å². The van der Waals surface area contributed by atoms with Crippen molar-refractivity contribution in [2.45, 2.75) is 18.9 Å². The molecule has 0 saturated carbocycles. The maximum atomic E-state index is 11.2. The summed E-state index contributed by atoms with van der Waals surface area (Å²) in [5, 5.41) is 3.49. The van der Waals surface area contributed by atoms with Crippen molar-refractivity contribution in [2.75, 3.05) is 16.8 Å². The van der Waals surface area contributed by atoms with Crippen molar-refractivity contribution in [1.82, 2.24) is 0 Å². The second-order valence-electron chi connectivity index (χ2n) is 3.77. The van der Waals surface area contributed by atoms with Gasteiger partial charge in [-0.1, -0.05) is 0 Å². The van der Waals surface area contributed by atoms with E-state index in [2.05, 4.69) is 52.2 Å². The van der Waals surface area contributed by atoms with E-state index in [9.17, 15) is 4.21 Å². The highest BCUT2D eigenvalue weighted by Gasteiger charge is 2.17. The summed E-state index contributed by atoms with van der Waals surface area (Å²) in [6, 6.07) is 8.91. The Kier molecular flexibility index (Phi) is 4.02. The molecule has 4 heteroatoms. The van der Waals surface area contributed by atoms with Gasteiger partial charge in [0.15, 0.2) is 0 Å². The molecule has 2 rings (SSSR count). The fraction of sp³-hybridized carbons (Fsp3) is 0.455. The SMILES string of the molecule is O=S1CCC(Nc2ccc(I)cc2)CC1. The zero-order chi connectivity index (χ0) is 10.7. The van der Waals surface area contributed by atoms with Crippen LogP contribution in [-0.4, -0.2) is 21.8 Å². The van der Waals surface area contributed by atoms with E-state index in [1.54, 1.807) is 0 Å². The summed E-state index contributed by atoms with van der Waals surface area (Å²) in [6.45, 7) is 0. The van der Waals surface area contributed by atoms with Crippen molar-refractivity contribution in [1.29, 1.82) is 0 Å². The van der Waals surface area contributed by atoms with Gasteiger partial charge >= 0.3 is 0 Å². The molecule has 0 spiro atoms. The molecule has 1 aromatic rings. The number of anilines is 1. The average Bonchev–Trinajstić information content (AvgIpc) is 2.25. The van der Waals surface area contributed by atoms with E-state index in [1.807, 2.05) is 0 Å². The minimum Gasteiger partial charge on any atom is -0.382 e. The Labute approximate surface area is 106 Å². The highest BCUT2D eigenvalue weighted by molar-refractivity contribution is 14.1. The molecule has 0 aliphatic carbocycles. The predicted molar refractivity (Wildman–Crippen MR) is 73.7 cm³/mol. The zero-order valence-corrected chi connectivity index (χ0v) is 11.4. The van der Waals surface area contributed by atoms with Gasteiger partial charge < -0.3 is 5.32 Å². The molecule has 0 aromatic heterocycles. The summed E-state index contributed by atoms with van der Waals surface area (Å²) in [5.41, 5.74) is 1.17. The third-order valence-corrected chi connectivity index (χ3v) is 4.70. The van der Waals surface area contributed by atoms with Crippen LogP contribution in [0.1, 0.15) is 12.8 Å². The van der Waals surface area contributed by atoms with Gasteiger partial charge in [-0.15, -0.1) is 0 Å². The first-order valence-electron chi connectivity index (χ1n) is 5.11. The molecule has 1 fully saturated rings. The molecule has 0 amide bonds. The predicted octanol–water partition coefficient (Wildman–Crippen LogP) is 2.61. The van der Waals surface area contributed by atoms with E-state index in [-0.39, 0.29) is 0 Å². The summed E-state index contributed by atoms with van der Waals surface area (Å²) >= 11 is 2.30. The molecular weight excluding hydrogens is 321 g/mol. The van der Waals surface area contributed by atoms with E-state index in [0.717, 1.165) is 24.3 Å². The van der Waals surface area contributed by atoms with Gasteiger partial charge in [0.1, 0.15) is 0 Å². The molecule has 0 bridgehead atoms. The highest BCUT2D eigenvalue weighted by atomic mass is 127. The Morgan fingerprint density at radius 2 is 1.80 bits per heavy atom. The van der Waals surface area contributed by atoms with Crippen molar-refractivity contribution in [3.63, 3.8) is 0 Å². The van der Waals surface area contributed by atoms with Gasteiger partial charge in [0.25, 0.3) is 0 Å². The van der Waals surface area contributed by atoms with E-state index >= 15 is 0 Å². The van der Waals surface area contributed by atoms with Crippen molar-refractivity contribution in [2.24, 2.45) is 0 Å². The molecule has 15 heavy (non-hydrogen) atoms.